The van der Waals surface area contributed by atoms with Crippen molar-refractivity contribution in [3.8, 4) is 5.75 Å². The number of anilines is 3. The molecule has 17 heavy (non-hydrogen) atoms. The number of ether oxygens (including phenoxy) is 1. The van der Waals surface area contributed by atoms with Gasteiger partial charge in [-0.25, -0.2) is 9.97 Å². The van der Waals surface area contributed by atoms with E-state index in [9.17, 15) is 0 Å². The fourth-order valence-electron chi connectivity index (χ4n) is 1.22. The molecule has 3 N–H and O–H groups in total. The first kappa shape index (κ1) is 13.0. The molecule has 0 saturated carbocycles. The van der Waals surface area contributed by atoms with Crippen LogP contribution >= 0.6 is 12.4 Å². The van der Waals surface area contributed by atoms with E-state index in [0.717, 1.165) is 5.69 Å². The van der Waals surface area contributed by atoms with E-state index < -0.39 is 0 Å². The van der Waals surface area contributed by atoms with Crippen molar-refractivity contribution >= 4 is 29.7 Å². The lowest BCUT2D eigenvalue weighted by Crippen LogP contribution is -1.99. The molecule has 0 aromatic carbocycles. The Hall–Kier alpha value is -2.08. The number of pyridine rings is 1. The van der Waals surface area contributed by atoms with Gasteiger partial charge in [0.25, 0.3) is 0 Å². The van der Waals surface area contributed by atoms with Crippen molar-refractivity contribution in [2.45, 2.75) is 0 Å². The minimum atomic E-state index is 0. The van der Waals surface area contributed by atoms with Crippen molar-refractivity contribution < 1.29 is 4.74 Å². The van der Waals surface area contributed by atoms with Gasteiger partial charge in [0.2, 0.25) is 0 Å². The zero-order valence-electron chi connectivity index (χ0n) is 9.12. The topological polar surface area (TPSA) is 86.0 Å². The second-order valence-corrected chi connectivity index (χ2v) is 3.03. The Morgan fingerprint density at radius 1 is 1.35 bits per heavy atom. The number of rotatable bonds is 3. The van der Waals surface area contributed by atoms with Crippen LogP contribution in [0.15, 0.2) is 30.9 Å². The van der Waals surface area contributed by atoms with Crippen molar-refractivity contribution in [2.24, 2.45) is 0 Å². The van der Waals surface area contributed by atoms with Crippen LogP contribution in [0.3, 0.4) is 0 Å². The van der Waals surface area contributed by atoms with E-state index in [4.69, 9.17) is 10.5 Å². The monoisotopic (exact) mass is 253 g/mol. The van der Waals surface area contributed by atoms with Crippen LogP contribution in [0.2, 0.25) is 0 Å². The Balaban J connectivity index is 0.00000144. The molecule has 6 nitrogen and oxygen atoms in total. The zero-order chi connectivity index (χ0) is 11.4. The molecule has 0 atom stereocenters. The molecule has 2 heterocycles. The fraction of sp³-hybridized carbons (Fsp3) is 0.100. The maximum Gasteiger partial charge on any atom is 0.160 e. The first-order valence-electron chi connectivity index (χ1n) is 4.62. The molecule has 0 aliphatic rings. The highest BCUT2D eigenvalue weighted by atomic mass is 35.5. The normalized spacial score (nSPS) is 9.24. The van der Waals surface area contributed by atoms with Crippen molar-refractivity contribution in [3.05, 3.63) is 30.9 Å². The van der Waals surface area contributed by atoms with Gasteiger partial charge in [0.15, 0.2) is 5.75 Å². The first-order chi connectivity index (χ1) is 7.79. The Labute approximate surface area is 105 Å². The van der Waals surface area contributed by atoms with E-state index in [1.165, 1.54) is 6.33 Å². The molecule has 0 fully saturated rings. The lowest BCUT2D eigenvalue weighted by Gasteiger charge is -2.09. The summed E-state index contributed by atoms with van der Waals surface area (Å²) in [4.78, 5) is 11.8. The number of nitrogens with two attached hydrogens (primary N) is 1. The van der Waals surface area contributed by atoms with Gasteiger partial charge in [0.1, 0.15) is 18.0 Å². The lowest BCUT2D eigenvalue weighted by atomic mass is 10.3. The third-order valence-corrected chi connectivity index (χ3v) is 1.96. The molecule has 0 bridgehead atoms. The molecular formula is C10H12ClN5O. The highest BCUT2D eigenvalue weighted by Crippen LogP contribution is 2.25. The highest BCUT2D eigenvalue weighted by Gasteiger charge is 2.03. The maximum atomic E-state index is 5.55. The second-order valence-electron chi connectivity index (χ2n) is 3.03. The van der Waals surface area contributed by atoms with E-state index in [1.54, 1.807) is 31.6 Å². The zero-order valence-corrected chi connectivity index (χ0v) is 9.94. The Morgan fingerprint density at radius 3 is 2.88 bits per heavy atom. The number of nitrogen functional groups attached to an aromatic ring is 1. The molecule has 0 aliphatic heterocycles. The summed E-state index contributed by atoms with van der Waals surface area (Å²) in [5.41, 5.74) is 6.32. The summed E-state index contributed by atoms with van der Waals surface area (Å²) in [6.45, 7) is 0. The number of nitrogens with zero attached hydrogens (tertiary/aromatic N) is 3. The number of aromatic nitrogens is 3. The largest absolute Gasteiger partial charge is 0.493 e. The summed E-state index contributed by atoms with van der Waals surface area (Å²) in [7, 11) is 1.58. The molecule has 2 aromatic heterocycles. The van der Waals surface area contributed by atoms with Gasteiger partial charge >= 0.3 is 0 Å². The van der Waals surface area contributed by atoms with Crippen molar-refractivity contribution in [1.29, 1.82) is 0 Å². The molecule has 7 heteroatoms. The van der Waals surface area contributed by atoms with Gasteiger partial charge in [-0.3, -0.25) is 4.98 Å². The van der Waals surface area contributed by atoms with Gasteiger partial charge in [-0.05, 0) is 6.07 Å². The van der Waals surface area contributed by atoms with Crippen LogP contribution in [0.1, 0.15) is 0 Å². The minimum Gasteiger partial charge on any atom is -0.493 e. The Morgan fingerprint density at radius 2 is 2.18 bits per heavy atom. The molecule has 90 valence electrons. The second kappa shape index (κ2) is 5.86. The highest BCUT2D eigenvalue weighted by molar-refractivity contribution is 5.85. The summed E-state index contributed by atoms with van der Waals surface area (Å²) < 4.78 is 5.15. The number of methoxy groups -OCH3 is 1. The molecular weight excluding hydrogens is 242 g/mol. The standard InChI is InChI=1S/C10H11N5O.ClH/c1-16-8-5-12-3-2-7(8)15-10-4-9(11)13-6-14-10;/h2-6H,1H3,(H3,11,12,13,14,15);1H. The Kier molecular flexibility index (Phi) is 4.47. The molecule has 0 unspecified atom stereocenters. The summed E-state index contributed by atoms with van der Waals surface area (Å²) in [5.74, 6) is 1.65. The van der Waals surface area contributed by atoms with Crippen molar-refractivity contribution in [3.63, 3.8) is 0 Å². The SMILES string of the molecule is COc1cnccc1Nc1cc(N)ncn1.Cl. The molecule has 0 spiro atoms. The van der Waals surface area contributed by atoms with Gasteiger partial charge in [0.05, 0.1) is 19.0 Å². The average molecular weight is 254 g/mol. The van der Waals surface area contributed by atoms with Gasteiger partial charge in [-0.2, -0.15) is 0 Å². The summed E-state index contributed by atoms with van der Waals surface area (Å²) in [6.07, 6.45) is 4.67. The van der Waals surface area contributed by atoms with Gasteiger partial charge in [-0.1, -0.05) is 0 Å². The average Bonchev–Trinajstić information content (AvgIpc) is 2.30. The van der Waals surface area contributed by atoms with Crippen LogP contribution in [-0.4, -0.2) is 22.1 Å². The molecule has 0 aliphatic carbocycles. The number of hydrogen-bond acceptors (Lipinski definition) is 6. The predicted molar refractivity (Wildman–Crippen MR) is 67.8 cm³/mol. The van der Waals surface area contributed by atoms with Crippen LogP contribution in [0.5, 0.6) is 5.75 Å². The number of halogens is 1. The Bertz CT molecular complexity index is 494. The number of hydrogen-bond donors (Lipinski definition) is 2. The van der Waals surface area contributed by atoms with Crippen LogP contribution in [-0.2, 0) is 0 Å². The minimum absolute atomic E-state index is 0. The van der Waals surface area contributed by atoms with E-state index >= 15 is 0 Å². The van der Waals surface area contributed by atoms with Crippen LogP contribution in [0, 0.1) is 0 Å². The van der Waals surface area contributed by atoms with E-state index in [-0.39, 0.29) is 12.4 Å². The molecule has 0 amide bonds. The van der Waals surface area contributed by atoms with Crippen molar-refractivity contribution in [2.75, 3.05) is 18.2 Å². The van der Waals surface area contributed by atoms with E-state index in [2.05, 4.69) is 20.3 Å². The quantitative estimate of drug-likeness (QED) is 0.865. The molecule has 0 radical (unpaired) electrons. The smallest absolute Gasteiger partial charge is 0.160 e. The van der Waals surface area contributed by atoms with E-state index in [0.29, 0.717) is 17.4 Å². The third kappa shape index (κ3) is 3.18. The lowest BCUT2D eigenvalue weighted by molar-refractivity contribution is 0.415. The van der Waals surface area contributed by atoms with Gasteiger partial charge in [-0.15, -0.1) is 12.4 Å². The fourth-order valence-corrected chi connectivity index (χ4v) is 1.22. The van der Waals surface area contributed by atoms with Gasteiger partial charge < -0.3 is 15.8 Å². The molecule has 2 rings (SSSR count). The third-order valence-electron chi connectivity index (χ3n) is 1.96. The van der Waals surface area contributed by atoms with Crippen LogP contribution < -0.4 is 15.8 Å². The van der Waals surface area contributed by atoms with Crippen LogP contribution in [0.4, 0.5) is 17.3 Å². The van der Waals surface area contributed by atoms with E-state index in [1.807, 2.05) is 0 Å². The first-order valence-corrected chi connectivity index (χ1v) is 4.62. The van der Waals surface area contributed by atoms with Gasteiger partial charge in [0, 0.05) is 12.3 Å². The maximum absolute atomic E-state index is 5.55. The number of nitrogens with one attached hydrogen (secondary N) is 1. The summed E-state index contributed by atoms with van der Waals surface area (Å²) in [5, 5.41) is 3.07. The summed E-state index contributed by atoms with van der Waals surface area (Å²) >= 11 is 0. The van der Waals surface area contributed by atoms with Crippen molar-refractivity contribution in [1.82, 2.24) is 15.0 Å². The molecule has 2 aromatic rings. The molecule has 0 saturated heterocycles. The summed E-state index contributed by atoms with van der Waals surface area (Å²) in [6, 6.07) is 3.43. The van der Waals surface area contributed by atoms with Crippen LogP contribution in [0.25, 0.3) is 0 Å². The predicted octanol–water partition coefficient (Wildman–Crippen LogP) is 1.63.